The molecule has 1 fully saturated rings. The molecule has 1 atom stereocenters. The van der Waals surface area contributed by atoms with E-state index in [1.807, 2.05) is 0 Å². The van der Waals surface area contributed by atoms with Crippen LogP contribution in [-0.4, -0.2) is 38.0 Å². The summed E-state index contributed by atoms with van der Waals surface area (Å²) in [5.74, 6) is -0.354. The molecule has 2 N–H and O–H groups in total. The van der Waals surface area contributed by atoms with Crippen LogP contribution in [0.15, 0.2) is 18.2 Å². The molecule has 0 spiro atoms. The van der Waals surface area contributed by atoms with Crippen LogP contribution in [0.2, 0.25) is 0 Å². The van der Waals surface area contributed by atoms with E-state index in [0.717, 1.165) is 0 Å². The van der Waals surface area contributed by atoms with Gasteiger partial charge in [-0.3, -0.25) is 19.7 Å². The zero-order valence-corrected chi connectivity index (χ0v) is 11.8. The lowest BCUT2D eigenvalue weighted by Crippen LogP contribution is -2.52. The van der Waals surface area contributed by atoms with Gasteiger partial charge in [0.2, 0.25) is 11.8 Å². The van der Waals surface area contributed by atoms with Crippen molar-refractivity contribution in [3.63, 3.8) is 0 Å². The summed E-state index contributed by atoms with van der Waals surface area (Å²) in [5, 5.41) is 4.78. The molecule has 1 saturated heterocycles. The summed E-state index contributed by atoms with van der Waals surface area (Å²) in [6, 6.07) is 4.04. The van der Waals surface area contributed by atoms with Crippen molar-refractivity contribution < 1.29 is 23.9 Å². The number of rotatable bonds is 4. The zero-order valence-electron chi connectivity index (χ0n) is 11.8. The highest BCUT2D eigenvalue weighted by molar-refractivity contribution is 6.04. The second-order valence-corrected chi connectivity index (χ2v) is 4.54. The summed E-state index contributed by atoms with van der Waals surface area (Å²) in [6.07, 6.45) is 0.491. The van der Waals surface area contributed by atoms with Gasteiger partial charge in [0.15, 0.2) is 0 Å². The van der Waals surface area contributed by atoms with Gasteiger partial charge in [0.25, 0.3) is 5.91 Å². The van der Waals surface area contributed by atoms with Crippen molar-refractivity contribution >= 4 is 17.7 Å². The Bertz CT molecular complexity index is 585. The van der Waals surface area contributed by atoms with E-state index in [0.29, 0.717) is 17.1 Å². The molecule has 1 aliphatic rings. The normalized spacial score (nSPS) is 17.9. The third kappa shape index (κ3) is 3.31. The molecule has 21 heavy (non-hydrogen) atoms. The van der Waals surface area contributed by atoms with E-state index in [1.165, 1.54) is 14.2 Å². The number of imide groups is 1. The van der Waals surface area contributed by atoms with Crippen LogP contribution in [0.1, 0.15) is 23.2 Å². The van der Waals surface area contributed by atoms with Crippen LogP contribution < -0.4 is 20.1 Å². The first-order valence-electron chi connectivity index (χ1n) is 6.41. The lowest BCUT2D eigenvalue weighted by Gasteiger charge is -2.22. The fraction of sp³-hybridized carbons (Fsp3) is 0.357. The van der Waals surface area contributed by atoms with Gasteiger partial charge in [-0.15, -0.1) is 0 Å². The molecule has 1 heterocycles. The van der Waals surface area contributed by atoms with Crippen LogP contribution in [-0.2, 0) is 9.59 Å². The molecule has 1 aromatic carbocycles. The molecule has 0 radical (unpaired) electrons. The van der Waals surface area contributed by atoms with E-state index in [4.69, 9.17) is 9.47 Å². The minimum atomic E-state index is -0.720. The molecule has 0 bridgehead atoms. The predicted molar refractivity (Wildman–Crippen MR) is 73.2 cm³/mol. The van der Waals surface area contributed by atoms with E-state index < -0.39 is 17.9 Å². The van der Waals surface area contributed by atoms with Crippen LogP contribution in [0.3, 0.4) is 0 Å². The Morgan fingerprint density at radius 3 is 2.67 bits per heavy atom. The second kappa shape index (κ2) is 6.25. The fourth-order valence-electron chi connectivity index (χ4n) is 2.05. The van der Waals surface area contributed by atoms with E-state index in [1.54, 1.807) is 18.2 Å². The highest BCUT2D eigenvalue weighted by Gasteiger charge is 2.28. The van der Waals surface area contributed by atoms with Crippen LogP contribution in [0.25, 0.3) is 0 Å². The number of carbonyl (C=O) groups excluding carboxylic acids is 3. The van der Waals surface area contributed by atoms with Gasteiger partial charge in [-0.2, -0.15) is 0 Å². The summed E-state index contributed by atoms with van der Waals surface area (Å²) in [5.41, 5.74) is 0.294. The Kier molecular flexibility index (Phi) is 4.42. The lowest BCUT2D eigenvalue weighted by atomic mass is 10.1. The maximum Gasteiger partial charge on any atom is 0.255 e. The van der Waals surface area contributed by atoms with Crippen LogP contribution in [0.5, 0.6) is 11.5 Å². The summed E-state index contributed by atoms with van der Waals surface area (Å²) >= 11 is 0. The number of carbonyl (C=O) groups is 3. The van der Waals surface area contributed by atoms with Crippen LogP contribution in [0.4, 0.5) is 0 Å². The minimum Gasteiger partial charge on any atom is -0.497 e. The first-order valence-corrected chi connectivity index (χ1v) is 6.41. The van der Waals surface area contributed by atoms with Gasteiger partial charge in [0.05, 0.1) is 19.8 Å². The van der Waals surface area contributed by atoms with E-state index >= 15 is 0 Å². The fourth-order valence-corrected chi connectivity index (χ4v) is 2.05. The summed E-state index contributed by atoms with van der Waals surface area (Å²) in [4.78, 5) is 34.9. The Morgan fingerprint density at radius 1 is 1.29 bits per heavy atom. The third-order valence-corrected chi connectivity index (χ3v) is 3.20. The molecule has 1 aromatic rings. The maximum atomic E-state index is 12.2. The first kappa shape index (κ1) is 14.8. The Hall–Kier alpha value is -2.57. The third-order valence-electron chi connectivity index (χ3n) is 3.20. The Labute approximate surface area is 121 Å². The SMILES string of the molecule is COc1ccc(C(=O)NC2CCC(=O)NC2=O)c(OC)c1. The monoisotopic (exact) mass is 292 g/mol. The Balaban J connectivity index is 2.13. The van der Waals surface area contributed by atoms with Crippen molar-refractivity contribution in [2.45, 2.75) is 18.9 Å². The van der Waals surface area contributed by atoms with Gasteiger partial charge >= 0.3 is 0 Å². The molecule has 0 saturated carbocycles. The average molecular weight is 292 g/mol. The number of nitrogens with one attached hydrogen (secondary N) is 2. The molecular formula is C14H16N2O5. The molecule has 7 heteroatoms. The number of piperidine rings is 1. The lowest BCUT2D eigenvalue weighted by molar-refractivity contribution is -0.134. The number of methoxy groups -OCH3 is 2. The number of hydrogen-bond acceptors (Lipinski definition) is 5. The van der Waals surface area contributed by atoms with E-state index in [-0.39, 0.29) is 18.7 Å². The molecular weight excluding hydrogens is 276 g/mol. The van der Waals surface area contributed by atoms with Gasteiger partial charge < -0.3 is 14.8 Å². The highest BCUT2D eigenvalue weighted by Crippen LogP contribution is 2.24. The van der Waals surface area contributed by atoms with Gasteiger partial charge in [-0.1, -0.05) is 0 Å². The predicted octanol–water partition coefficient (Wildman–Crippen LogP) is 0.239. The average Bonchev–Trinajstić information content (AvgIpc) is 2.49. The van der Waals surface area contributed by atoms with Crippen molar-refractivity contribution in [3.05, 3.63) is 23.8 Å². The smallest absolute Gasteiger partial charge is 0.255 e. The van der Waals surface area contributed by atoms with Crippen LogP contribution >= 0.6 is 0 Å². The second-order valence-electron chi connectivity index (χ2n) is 4.54. The molecule has 112 valence electrons. The minimum absolute atomic E-state index is 0.205. The van der Waals surface area contributed by atoms with E-state index in [2.05, 4.69) is 10.6 Å². The van der Waals surface area contributed by atoms with Crippen molar-refractivity contribution in [2.75, 3.05) is 14.2 Å². The molecule has 3 amide bonds. The Morgan fingerprint density at radius 2 is 2.05 bits per heavy atom. The number of hydrogen-bond donors (Lipinski definition) is 2. The topological polar surface area (TPSA) is 93.7 Å². The van der Waals surface area contributed by atoms with Crippen molar-refractivity contribution in [1.82, 2.24) is 10.6 Å². The van der Waals surface area contributed by atoms with Crippen molar-refractivity contribution in [1.29, 1.82) is 0 Å². The molecule has 7 nitrogen and oxygen atoms in total. The largest absolute Gasteiger partial charge is 0.497 e. The van der Waals surface area contributed by atoms with Gasteiger partial charge in [0.1, 0.15) is 17.5 Å². The van der Waals surface area contributed by atoms with E-state index in [9.17, 15) is 14.4 Å². The van der Waals surface area contributed by atoms with Gasteiger partial charge in [-0.05, 0) is 18.6 Å². The number of benzene rings is 1. The maximum absolute atomic E-state index is 12.2. The molecule has 1 unspecified atom stereocenters. The van der Waals surface area contributed by atoms with Crippen molar-refractivity contribution in [3.8, 4) is 11.5 Å². The molecule has 0 aliphatic carbocycles. The van der Waals surface area contributed by atoms with Crippen molar-refractivity contribution in [2.24, 2.45) is 0 Å². The van der Waals surface area contributed by atoms with Gasteiger partial charge in [-0.25, -0.2) is 0 Å². The van der Waals surface area contributed by atoms with Crippen LogP contribution in [0, 0.1) is 0 Å². The quantitative estimate of drug-likeness (QED) is 0.775. The first-order chi connectivity index (χ1) is 10.0. The summed E-state index contributed by atoms with van der Waals surface area (Å²) in [6.45, 7) is 0. The number of amides is 3. The molecule has 1 aliphatic heterocycles. The molecule has 0 aromatic heterocycles. The number of ether oxygens (including phenoxy) is 2. The molecule has 2 rings (SSSR count). The summed E-state index contributed by atoms with van der Waals surface area (Å²) in [7, 11) is 2.95. The zero-order chi connectivity index (χ0) is 15.4. The van der Waals surface area contributed by atoms with Gasteiger partial charge in [0, 0.05) is 12.5 Å². The summed E-state index contributed by atoms with van der Waals surface area (Å²) < 4.78 is 10.2. The highest BCUT2D eigenvalue weighted by atomic mass is 16.5. The standard InChI is InChI=1S/C14H16N2O5/c1-20-8-3-4-9(11(7-8)21-2)13(18)15-10-5-6-12(17)16-14(10)19/h3-4,7,10H,5-6H2,1-2H3,(H,15,18)(H,16,17,19).